The molecule has 0 saturated heterocycles. The van der Waals surface area contributed by atoms with E-state index in [1.54, 1.807) is 5.56 Å². The molecule has 1 saturated carbocycles. The van der Waals surface area contributed by atoms with Gasteiger partial charge in [0.1, 0.15) is 0 Å². The zero-order chi connectivity index (χ0) is 11.6. The molecule has 1 aromatic rings. The lowest BCUT2D eigenvalue weighted by atomic mass is 9.61. The quantitative estimate of drug-likeness (QED) is 0.674. The van der Waals surface area contributed by atoms with E-state index in [2.05, 4.69) is 45.0 Å². The topological polar surface area (TPSA) is 0 Å². The van der Waals surface area contributed by atoms with E-state index in [1.165, 1.54) is 37.7 Å². The molecule has 0 aliphatic heterocycles. The Labute approximate surface area is 100 Å². The second-order valence-electron chi connectivity index (χ2n) is 5.93. The van der Waals surface area contributed by atoms with Crippen LogP contribution in [0.2, 0.25) is 0 Å². The van der Waals surface area contributed by atoms with Gasteiger partial charge in [0.25, 0.3) is 0 Å². The highest BCUT2D eigenvalue weighted by Gasteiger charge is 2.37. The molecule has 0 nitrogen and oxygen atoms in total. The summed E-state index contributed by atoms with van der Waals surface area (Å²) >= 11 is 0. The summed E-state index contributed by atoms with van der Waals surface area (Å²) in [4.78, 5) is 0. The van der Waals surface area contributed by atoms with Crippen molar-refractivity contribution in [3.8, 4) is 0 Å². The summed E-state index contributed by atoms with van der Waals surface area (Å²) in [6, 6.07) is 9.25. The second kappa shape index (κ2) is 4.61. The summed E-state index contributed by atoms with van der Waals surface area (Å²) in [5, 5.41) is 0. The minimum Gasteiger partial charge on any atom is -0.0628 e. The number of aryl methyl sites for hydroxylation is 1. The van der Waals surface area contributed by atoms with Gasteiger partial charge in [0.05, 0.1) is 0 Å². The van der Waals surface area contributed by atoms with Gasteiger partial charge >= 0.3 is 0 Å². The molecule has 16 heavy (non-hydrogen) atoms. The summed E-state index contributed by atoms with van der Waals surface area (Å²) in [5.74, 6) is 0.836. The van der Waals surface area contributed by atoms with Crippen molar-refractivity contribution in [2.24, 2.45) is 5.92 Å². The van der Waals surface area contributed by atoms with Gasteiger partial charge in [0, 0.05) is 0 Å². The van der Waals surface area contributed by atoms with Crippen LogP contribution < -0.4 is 0 Å². The van der Waals surface area contributed by atoms with Crippen molar-refractivity contribution in [1.82, 2.24) is 0 Å². The van der Waals surface area contributed by atoms with Gasteiger partial charge in [-0.15, -0.1) is 0 Å². The van der Waals surface area contributed by atoms with E-state index in [0.29, 0.717) is 5.41 Å². The van der Waals surface area contributed by atoms with Crippen molar-refractivity contribution in [3.05, 3.63) is 35.4 Å². The van der Waals surface area contributed by atoms with E-state index in [0.717, 1.165) is 5.92 Å². The Hall–Kier alpha value is -0.780. The summed E-state index contributed by atoms with van der Waals surface area (Å²) in [5.41, 5.74) is 3.50. The highest BCUT2D eigenvalue weighted by Crippen LogP contribution is 2.47. The Bertz CT molecular complexity index is 328. The predicted octanol–water partition coefficient (Wildman–Crippen LogP) is 4.85. The van der Waals surface area contributed by atoms with Crippen LogP contribution in [0.4, 0.5) is 0 Å². The predicted molar refractivity (Wildman–Crippen MR) is 70.8 cm³/mol. The first-order valence-corrected chi connectivity index (χ1v) is 6.69. The van der Waals surface area contributed by atoms with Gasteiger partial charge in [0.2, 0.25) is 0 Å². The molecule has 1 aliphatic carbocycles. The van der Waals surface area contributed by atoms with Crippen molar-refractivity contribution in [3.63, 3.8) is 0 Å². The molecular weight excluding hydrogens is 192 g/mol. The molecule has 2 rings (SSSR count). The van der Waals surface area contributed by atoms with Crippen LogP contribution in [-0.4, -0.2) is 0 Å². The van der Waals surface area contributed by atoms with Crippen LogP contribution in [0, 0.1) is 12.8 Å². The van der Waals surface area contributed by atoms with Gasteiger partial charge in [-0.05, 0) is 43.1 Å². The molecule has 1 aromatic carbocycles. The lowest BCUT2D eigenvalue weighted by molar-refractivity contribution is 0.211. The molecule has 0 spiro atoms. The minimum absolute atomic E-state index is 0.540. The fraction of sp³-hybridized carbons (Fsp3) is 0.625. The van der Waals surface area contributed by atoms with Gasteiger partial charge in [-0.3, -0.25) is 0 Å². The van der Waals surface area contributed by atoms with Gasteiger partial charge < -0.3 is 0 Å². The maximum absolute atomic E-state index is 2.36. The van der Waals surface area contributed by atoms with E-state index in [4.69, 9.17) is 0 Å². The van der Waals surface area contributed by atoms with E-state index in [9.17, 15) is 0 Å². The summed E-state index contributed by atoms with van der Waals surface area (Å²) in [6.45, 7) is 6.84. The molecule has 0 bridgehead atoms. The van der Waals surface area contributed by atoms with Crippen LogP contribution in [0.25, 0.3) is 0 Å². The minimum atomic E-state index is 0.540. The van der Waals surface area contributed by atoms with Crippen molar-refractivity contribution in [1.29, 1.82) is 0 Å². The van der Waals surface area contributed by atoms with Gasteiger partial charge in [-0.25, -0.2) is 0 Å². The van der Waals surface area contributed by atoms with Crippen LogP contribution in [0.15, 0.2) is 24.3 Å². The number of rotatable bonds is 4. The molecule has 0 amide bonds. The van der Waals surface area contributed by atoms with Gasteiger partial charge in [-0.2, -0.15) is 0 Å². The third-order valence-corrected chi connectivity index (χ3v) is 4.17. The molecular formula is C16H24. The number of benzene rings is 1. The Balaban J connectivity index is 2.11. The Morgan fingerprint density at radius 1 is 1.12 bits per heavy atom. The summed E-state index contributed by atoms with van der Waals surface area (Å²) in [7, 11) is 0. The number of hydrogen-bond acceptors (Lipinski definition) is 0. The van der Waals surface area contributed by atoms with Crippen LogP contribution in [0.5, 0.6) is 0 Å². The highest BCUT2D eigenvalue weighted by atomic mass is 14.4. The van der Waals surface area contributed by atoms with Gasteiger partial charge in [0.15, 0.2) is 0 Å². The first-order chi connectivity index (χ1) is 7.62. The van der Waals surface area contributed by atoms with Crippen LogP contribution in [0.1, 0.15) is 57.1 Å². The average Bonchev–Trinajstić information content (AvgIpc) is 2.18. The smallest absolute Gasteiger partial charge is 0.00469 e. The van der Waals surface area contributed by atoms with Crippen molar-refractivity contribution in [2.75, 3.05) is 0 Å². The lowest BCUT2D eigenvalue weighted by Gasteiger charge is -2.43. The first-order valence-electron chi connectivity index (χ1n) is 6.69. The van der Waals surface area contributed by atoms with E-state index >= 15 is 0 Å². The molecule has 0 N–H and O–H groups in total. The van der Waals surface area contributed by atoms with Gasteiger partial charge in [-0.1, -0.05) is 56.5 Å². The lowest BCUT2D eigenvalue weighted by Crippen LogP contribution is -2.34. The maximum Gasteiger partial charge on any atom is -0.00469 e. The standard InChI is InChI=1S/C16H24/c1-13(2)9-12-16(10-4-11-16)15-7-5-14(3)6-8-15/h5-8,13H,4,9-12H2,1-3H3. The third-order valence-electron chi connectivity index (χ3n) is 4.17. The Kier molecular flexibility index (Phi) is 3.37. The zero-order valence-corrected chi connectivity index (χ0v) is 10.9. The normalized spacial score (nSPS) is 18.5. The average molecular weight is 216 g/mol. The van der Waals surface area contributed by atoms with Crippen LogP contribution in [0.3, 0.4) is 0 Å². The molecule has 88 valence electrons. The molecule has 0 unspecified atom stereocenters. The summed E-state index contributed by atoms with van der Waals surface area (Å²) < 4.78 is 0. The molecule has 1 fully saturated rings. The van der Waals surface area contributed by atoms with Crippen molar-refractivity contribution in [2.45, 2.75) is 58.3 Å². The van der Waals surface area contributed by atoms with Crippen LogP contribution in [-0.2, 0) is 5.41 Å². The third kappa shape index (κ3) is 2.31. The van der Waals surface area contributed by atoms with E-state index in [-0.39, 0.29) is 0 Å². The van der Waals surface area contributed by atoms with E-state index < -0.39 is 0 Å². The molecule has 0 aromatic heterocycles. The fourth-order valence-corrected chi connectivity index (χ4v) is 2.76. The Morgan fingerprint density at radius 2 is 1.75 bits per heavy atom. The first kappa shape index (κ1) is 11.7. The number of hydrogen-bond donors (Lipinski definition) is 0. The monoisotopic (exact) mass is 216 g/mol. The molecule has 0 radical (unpaired) electrons. The molecule has 0 heterocycles. The fourth-order valence-electron chi connectivity index (χ4n) is 2.76. The highest BCUT2D eigenvalue weighted by molar-refractivity contribution is 5.30. The van der Waals surface area contributed by atoms with Crippen molar-refractivity contribution < 1.29 is 0 Å². The van der Waals surface area contributed by atoms with Crippen LogP contribution >= 0.6 is 0 Å². The zero-order valence-electron chi connectivity index (χ0n) is 10.9. The Morgan fingerprint density at radius 3 is 2.19 bits per heavy atom. The molecule has 0 atom stereocenters. The largest absolute Gasteiger partial charge is 0.0628 e. The molecule has 1 aliphatic rings. The second-order valence-corrected chi connectivity index (χ2v) is 5.93. The van der Waals surface area contributed by atoms with E-state index in [1.807, 2.05) is 0 Å². The van der Waals surface area contributed by atoms with Crippen molar-refractivity contribution >= 4 is 0 Å². The maximum atomic E-state index is 2.36. The SMILES string of the molecule is Cc1ccc(C2(CCC(C)C)CCC2)cc1. The summed E-state index contributed by atoms with van der Waals surface area (Å²) in [6.07, 6.45) is 6.99. The molecule has 0 heteroatoms.